The van der Waals surface area contributed by atoms with Gasteiger partial charge in [-0.2, -0.15) is 0 Å². The third-order valence-electron chi connectivity index (χ3n) is 5.18. The van der Waals surface area contributed by atoms with Crippen molar-refractivity contribution in [3.63, 3.8) is 0 Å². The Bertz CT molecular complexity index is 1320. The van der Waals surface area contributed by atoms with E-state index in [0.717, 1.165) is 0 Å². The molecular weight excluding hydrogens is 847 g/mol. The van der Waals surface area contributed by atoms with Crippen molar-refractivity contribution in [2.24, 2.45) is 0 Å². The third-order valence-corrected chi connectivity index (χ3v) is 5.62. The molecule has 20 nitrogen and oxygen atoms in total. The highest BCUT2D eigenvalue weighted by molar-refractivity contribution is 6.97. The van der Waals surface area contributed by atoms with Crippen molar-refractivity contribution >= 4 is 69.5 Å². The monoisotopic (exact) mass is 902 g/mol. The van der Waals surface area contributed by atoms with Crippen LogP contribution in [0.4, 0.5) is 0 Å². The van der Waals surface area contributed by atoms with Crippen molar-refractivity contribution in [3.05, 3.63) is 61.4 Å². The van der Waals surface area contributed by atoms with E-state index in [1.807, 2.05) is 0 Å². The van der Waals surface area contributed by atoms with Gasteiger partial charge in [0, 0.05) is 22.3 Å². The van der Waals surface area contributed by atoms with Gasteiger partial charge in [0.25, 0.3) is 0 Å². The second kappa shape index (κ2) is 43.6. The molecule has 0 amide bonds. The number of aliphatic hydroxyl groups excluding tert-OH is 1. The Morgan fingerprint density at radius 1 is 0.400 bits per heavy atom. The van der Waals surface area contributed by atoms with Gasteiger partial charge in [-0.25, -0.2) is 28.8 Å². The van der Waals surface area contributed by atoms with Crippen LogP contribution in [0.2, 0.25) is 0 Å². The number of hydrogen-bond donors (Lipinski definition) is 1. The summed E-state index contributed by atoms with van der Waals surface area (Å²) in [5, 5.41) is 6.03. The summed E-state index contributed by atoms with van der Waals surface area (Å²) >= 11 is 8.98. The summed E-state index contributed by atoms with van der Waals surface area (Å²) in [5.74, 6) is -4.16. The molecule has 0 radical (unpaired) electrons. The number of hydrogen-bond acceptors (Lipinski definition) is 20. The maximum absolute atomic E-state index is 11.4. The van der Waals surface area contributed by atoms with Crippen LogP contribution < -0.4 is 0 Å². The lowest BCUT2D eigenvalue weighted by atomic mass is 10.4. The fourth-order valence-corrected chi connectivity index (χ4v) is 2.43. The van der Waals surface area contributed by atoms with Crippen LogP contribution in [-0.4, -0.2) is 157 Å². The van der Waals surface area contributed by atoms with Crippen molar-refractivity contribution in [2.45, 2.75) is 27.7 Å². The smallest absolute Gasteiger partial charge is 0.417 e. The van der Waals surface area contributed by atoms with Crippen LogP contribution >= 0.6 is 23.2 Å². The van der Waals surface area contributed by atoms with E-state index in [2.05, 4.69) is 65.6 Å². The molecule has 342 valence electrons. The predicted octanol–water partition coefficient (Wildman–Crippen LogP) is 2.26. The summed E-state index contributed by atoms with van der Waals surface area (Å²) in [7, 11) is 0. The van der Waals surface area contributed by atoms with E-state index < -0.39 is 46.3 Å². The van der Waals surface area contributed by atoms with Crippen molar-refractivity contribution in [1.82, 2.24) is 0 Å². The lowest BCUT2D eigenvalue weighted by molar-refractivity contribution is -0.169. The highest BCUT2D eigenvalue weighted by atomic mass is 35.5. The van der Waals surface area contributed by atoms with Crippen LogP contribution in [0.5, 0.6) is 0 Å². The average Bonchev–Trinajstić information content (AvgIpc) is 3.19. The largest absolute Gasteiger partial charge is 0.499 e. The Morgan fingerprint density at radius 3 is 0.817 bits per heavy atom. The van der Waals surface area contributed by atoms with Crippen LogP contribution in [0.15, 0.2) is 61.4 Å². The van der Waals surface area contributed by atoms with Crippen molar-refractivity contribution in [1.29, 1.82) is 0 Å². The van der Waals surface area contributed by atoms with Crippen LogP contribution in [0, 0.1) is 0 Å². The Morgan fingerprint density at radius 2 is 0.617 bits per heavy atom. The normalized spacial score (nSPS) is 9.45. The molecule has 1 N–H and O–H groups in total. The summed E-state index contributed by atoms with van der Waals surface area (Å²) in [6, 6.07) is 0. The lowest BCUT2D eigenvalue weighted by Gasteiger charge is -2.08. The van der Waals surface area contributed by atoms with Gasteiger partial charge in [-0.15, -0.1) is 0 Å². The zero-order valence-corrected chi connectivity index (χ0v) is 35.9. The molecule has 0 bridgehead atoms. The SMILES string of the molecule is C=C(C)C(=O)OCCOCCO.C=C(C)C(=O)OCCOCCOC(=O)C(=O)OCCOCCOC(=O)C(=C)C.C=COCCOCCOC(=O)C(=C)C.O=C(Cl)C(=O)Cl. The van der Waals surface area contributed by atoms with Gasteiger partial charge in [0.1, 0.15) is 46.2 Å². The molecular formula is C38H56Cl2O20. The predicted molar refractivity (Wildman–Crippen MR) is 213 cm³/mol. The molecule has 0 saturated heterocycles. The summed E-state index contributed by atoms with van der Waals surface area (Å²) in [5.41, 5.74) is 1.32. The molecule has 0 aliphatic rings. The van der Waals surface area contributed by atoms with E-state index in [4.69, 9.17) is 47.7 Å². The molecule has 0 atom stereocenters. The molecule has 0 unspecified atom stereocenters. The van der Waals surface area contributed by atoms with Gasteiger partial charge in [0.2, 0.25) is 0 Å². The summed E-state index contributed by atoms with van der Waals surface area (Å²) in [6.45, 7) is 25.6. The average molecular weight is 904 g/mol. The van der Waals surface area contributed by atoms with Gasteiger partial charge in [0.05, 0.1) is 65.7 Å². The molecule has 0 aromatic carbocycles. The lowest BCUT2D eigenvalue weighted by Crippen LogP contribution is -2.24. The molecule has 0 fully saturated rings. The first-order valence-corrected chi connectivity index (χ1v) is 18.2. The van der Waals surface area contributed by atoms with Gasteiger partial charge < -0.3 is 57.2 Å². The zero-order valence-electron chi connectivity index (χ0n) is 34.4. The summed E-state index contributed by atoms with van der Waals surface area (Å²) < 4.78 is 53.2. The van der Waals surface area contributed by atoms with E-state index in [9.17, 15) is 38.4 Å². The van der Waals surface area contributed by atoms with E-state index in [1.54, 1.807) is 13.8 Å². The zero-order chi connectivity index (χ0) is 46.7. The molecule has 22 heteroatoms. The third kappa shape index (κ3) is 47.4. The molecule has 60 heavy (non-hydrogen) atoms. The van der Waals surface area contributed by atoms with E-state index >= 15 is 0 Å². The van der Waals surface area contributed by atoms with Crippen molar-refractivity contribution in [2.75, 3.05) is 106 Å². The van der Waals surface area contributed by atoms with Gasteiger partial charge >= 0.3 is 46.3 Å². The van der Waals surface area contributed by atoms with Gasteiger partial charge in [-0.1, -0.05) is 32.9 Å². The quantitative estimate of drug-likeness (QED) is 0.0215. The molecule has 0 aliphatic heterocycles. The van der Waals surface area contributed by atoms with Crippen LogP contribution in [0.1, 0.15) is 27.7 Å². The summed E-state index contributed by atoms with van der Waals surface area (Å²) in [6.07, 6.45) is 1.35. The number of rotatable bonds is 29. The minimum Gasteiger partial charge on any atom is -0.499 e. The highest BCUT2D eigenvalue weighted by Gasteiger charge is 2.17. The minimum atomic E-state index is -1.16. The first-order valence-electron chi connectivity index (χ1n) is 17.4. The molecule has 0 rings (SSSR count). The molecule has 0 heterocycles. The second-order valence-electron chi connectivity index (χ2n) is 10.7. The Kier molecular flexibility index (Phi) is 44.9. The van der Waals surface area contributed by atoms with Crippen LogP contribution in [-0.2, 0) is 90.5 Å². The van der Waals surface area contributed by atoms with Gasteiger partial charge in [0.15, 0.2) is 0 Å². The topological polar surface area (TPSA) is 258 Å². The first kappa shape index (κ1) is 61.7. The molecule has 0 aromatic heterocycles. The first-order chi connectivity index (χ1) is 28.3. The number of aliphatic hydroxyl groups is 1. The number of ether oxygens (including phenoxy) is 11. The molecule has 0 saturated carbocycles. The number of carbonyl (C=O) groups is 8. The van der Waals surface area contributed by atoms with Gasteiger partial charge in [-0.05, 0) is 50.9 Å². The second-order valence-corrected chi connectivity index (χ2v) is 11.4. The minimum absolute atomic E-state index is 0.0194. The summed E-state index contributed by atoms with van der Waals surface area (Å²) in [4.78, 5) is 85.3. The number of esters is 6. The fraction of sp³-hybridized carbons (Fsp3) is 0.526. The molecule has 0 aliphatic carbocycles. The maximum Gasteiger partial charge on any atom is 0.417 e. The van der Waals surface area contributed by atoms with Crippen LogP contribution in [0.3, 0.4) is 0 Å². The Hall–Kier alpha value is -4.96. The molecule has 0 aromatic rings. The van der Waals surface area contributed by atoms with Crippen LogP contribution in [0.25, 0.3) is 0 Å². The van der Waals surface area contributed by atoms with E-state index in [-0.39, 0.29) is 90.4 Å². The Balaban J connectivity index is -0.000000405. The number of halogens is 2. The van der Waals surface area contributed by atoms with Gasteiger partial charge in [-0.3, -0.25) is 9.59 Å². The standard InChI is InChI=1S/C18H26O10.C10H16O4.C8H14O4.C2Cl2O2/c1-13(2)15(19)25-9-5-23-7-11-27-17(21)18(22)28-12-8-24-6-10-26-16(20)14(3)4;1-4-12-5-6-13-7-8-14-10(11)9(2)3;1-7(2)8(10)12-6-5-11-4-3-9;3-1(5)2(4)6/h1,3,5-12H2,2,4H3;4H,1-2,5-8H2,3H3;9H,1,3-6H2,2H3;. The van der Waals surface area contributed by atoms with E-state index in [0.29, 0.717) is 37.6 Å². The maximum atomic E-state index is 11.4. The highest BCUT2D eigenvalue weighted by Crippen LogP contribution is 1.95. The van der Waals surface area contributed by atoms with E-state index in [1.165, 1.54) is 20.1 Å². The fourth-order valence-electron chi connectivity index (χ4n) is 2.43. The van der Waals surface area contributed by atoms with Crippen molar-refractivity contribution in [3.8, 4) is 0 Å². The van der Waals surface area contributed by atoms with Crippen molar-refractivity contribution < 1.29 is 95.6 Å². The Labute approximate surface area is 359 Å². The number of carbonyl (C=O) groups excluding carboxylic acids is 8. The molecule has 0 spiro atoms.